The summed E-state index contributed by atoms with van der Waals surface area (Å²) in [7, 11) is 2.19. The van der Waals surface area contributed by atoms with Crippen molar-refractivity contribution in [1.29, 1.82) is 0 Å². The van der Waals surface area contributed by atoms with Gasteiger partial charge in [-0.15, -0.1) is 0 Å². The summed E-state index contributed by atoms with van der Waals surface area (Å²) in [4.78, 5) is 9.28. The first-order valence-electron chi connectivity index (χ1n) is 7.24. The standard InChI is InChI=1S/C15H26N4/c1-13(2)11-16-12-14-10-15(4-5-17-14)19-8-6-18(3)7-9-19/h4-5,10,13,16H,6-9,11-12H2,1-3H3. The minimum Gasteiger partial charge on any atom is -0.369 e. The molecule has 2 heterocycles. The van der Waals surface area contributed by atoms with Crippen molar-refractivity contribution >= 4 is 5.69 Å². The zero-order valence-corrected chi connectivity index (χ0v) is 12.4. The summed E-state index contributed by atoms with van der Waals surface area (Å²) in [5, 5.41) is 3.45. The van der Waals surface area contributed by atoms with Crippen LogP contribution in [0.25, 0.3) is 0 Å². The molecule has 0 bridgehead atoms. The molecule has 106 valence electrons. The molecule has 1 saturated heterocycles. The highest BCUT2D eigenvalue weighted by molar-refractivity contribution is 5.47. The monoisotopic (exact) mass is 262 g/mol. The maximum atomic E-state index is 4.45. The van der Waals surface area contributed by atoms with Crippen LogP contribution in [0.1, 0.15) is 19.5 Å². The van der Waals surface area contributed by atoms with Gasteiger partial charge in [-0.05, 0) is 31.6 Å². The van der Waals surface area contributed by atoms with E-state index in [-0.39, 0.29) is 0 Å². The predicted molar refractivity (Wildman–Crippen MR) is 80.5 cm³/mol. The fourth-order valence-electron chi connectivity index (χ4n) is 2.31. The van der Waals surface area contributed by atoms with Gasteiger partial charge in [0.2, 0.25) is 0 Å². The second-order valence-corrected chi connectivity index (χ2v) is 5.82. The molecular formula is C15H26N4. The molecule has 0 spiro atoms. The molecule has 0 amide bonds. The number of nitrogens with one attached hydrogen (secondary N) is 1. The minimum atomic E-state index is 0.681. The molecule has 1 N–H and O–H groups in total. The van der Waals surface area contributed by atoms with Gasteiger partial charge in [-0.3, -0.25) is 4.98 Å². The van der Waals surface area contributed by atoms with Gasteiger partial charge >= 0.3 is 0 Å². The van der Waals surface area contributed by atoms with Crippen LogP contribution in [-0.2, 0) is 6.54 Å². The van der Waals surface area contributed by atoms with Crippen LogP contribution < -0.4 is 10.2 Å². The van der Waals surface area contributed by atoms with Crippen molar-refractivity contribution in [1.82, 2.24) is 15.2 Å². The number of anilines is 1. The van der Waals surface area contributed by atoms with E-state index in [0.717, 1.165) is 45.0 Å². The highest BCUT2D eigenvalue weighted by atomic mass is 15.2. The third-order valence-corrected chi connectivity index (χ3v) is 3.53. The zero-order chi connectivity index (χ0) is 13.7. The molecule has 0 atom stereocenters. The number of pyridine rings is 1. The molecule has 1 fully saturated rings. The Morgan fingerprint density at radius 3 is 2.68 bits per heavy atom. The van der Waals surface area contributed by atoms with Crippen LogP contribution in [0.4, 0.5) is 5.69 Å². The Labute approximate surface area is 116 Å². The average molecular weight is 262 g/mol. The summed E-state index contributed by atoms with van der Waals surface area (Å²) < 4.78 is 0. The second kappa shape index (κ2) is 6.87. The van der Waals surface area contributed by atoms with E-state index >= 15 is 0 Å². The average Bonchev–Trinajstić information content (AvgIpc) is 2.39. The maximum absolute atomic E-state index is 4.45. The van der Waals surface area contributed by atoms with Crippen LogP contribution in [0.2, 0.25) is 0 Å². The topological polar surface area (TPSA) is 31.4 Å². The Morgan fingerprint density at radius 1 is 1.26 bits per heavy atom. The van der Waals surface area contributed by atoms with Crippen molar-refractivity contribution in [2.45, 2.75) is 20.4 Å². The van der Waals surface area contributed by atoms with E-state index in [1.54, 1.807) is 0 Å². The molecule has 0 aromatic carbocycles. The molecular weight excluding hydrogens is 236 g/mol. The van der Waals surface area contributed by atoms with Crippen LogP contribution in [0.3, 0.4) is 0 Å². The molecule has 0 radical (unpaired) electrons. The summed E-state index contributed by atoms with van der Waals surface area (Å²) in [5.74, 6) is 0.681. The number of piperazine rings is 1. The van der Waals surface area contributed by atoms with Gasteiger partial charge in [0.1, 0.15) is 0 Å². The van der Waals surface area contributed by atoms with Gasteiger partial charge in [-0.1, -0.05) is 13.8 Å². The minimum absolute atomic E-state index is 0.681. The number of aromatic nitrogens is 1. The summed E-state index contributed by atoms with van der Waals surface area (Å²) in [6.45, 7) is 10.9. The van der Waals surface area contributed by atoms with Gasteiger partial charge in [-0.25, -0.2) is 0 Å². The van der Waals surface area contributed by atoms with E-state index in [9.17, 15) is 0 Å². The van der Waals surface area contributed by atoms with E-state index in [1.165, 1.54) is 5.69 Å². The molecule has 4 heteroatoms. The van der Waals surface area contributed by atoms with Crippen molar-refractivity contribution in [3.8, 4) is 0 Å². The van der Waals surface area contributed by atoms with Gasteiger partial charge in [0.15, 0.2) is 0 Å². The molecule has 4 nitrogen and oxygen atoms in total. The fraction of sp³-hybridized carbons (Fsp3) is 0.667. The number of rotatable bonds is 5. The van der Waals surface area contributed by atoms with Crippen LogP contribution in [0, 0.1) is 5.92 Å². The third-order valence-electron chi connectivity index (χ3n) is 3.53. The Morgan fingerprint density at radius 2 is 2.00 bits per heavy atom. The normalized spacial score (nSPS) is 17.2. The van der Waals surface area contributed by atoms with Crippen molar-refractivity contribution in [3.05, 3.63) is 24.0 Å². The second-order valence-electron chi connectivity index (χ2n) is 5.82. The lowest BCUT2D eigenvalue weighted by Crippen LogP contribution is -2.44. The lowest BCUT2D eigenvalue weighted by atomic mass is 10.2. The Bertz CT molecular complexity index is 383. The fourth-order valence-corrected chi connectivity index (χ4v) is 2.31. The Kier molecular flexibility index (Phi) is 5.16. The van der Waals surface area contributed by atoms with Gasteiger partial charge < -0.3 is 15.1 Å². The molecule has 0 unspecified atom stereocenters. The molecule has 19 heavy (non-hydrogen) atoms. The van der Waals surface area contributed by atoms with Gasteiger partial charge in [0, 0.05) is 44.6 Å². The van der Waals surface area contributed by atoms with Crippen LogP contribution in [0.5, 0.6) is 0 Å². The highest BCUT2D eigenvalue weighted by Gasteiger charge is 2.14. The molecule has 2 rings (SSSR count). The summed E-state index contributed by atoms with van der Waals surface area (Å²) in [5.41, 5.74) is 2.45. The highest BCUT2D eigenvalue weighted by Crippen LogP contribution is 2.16. The molecule has 0 saturated carbocycles. The van der Waals surface area contributed by atoms with Crippen molar-refractivity contribution in [2.75, 3.05) is 44.7 Å². The predicted octanol–water partition coefficient (Wildman–Crippen LogP) is 1.58. The first kappa shape index (κ1) is 14.3. The number of hydrogen-bond acceptors (Lipinski definition) is 4. The van der Waals surface area contributed by atoms with Crippen molar-refractivity contribution < 1.29 is 0 Å². The lowest BCUT2D eigenvalue weighted by Gasteiger charge is -2.34. The molecule has 1 aromatic rings. The van der Waals surface area contributed by atoms with E-state index in [0.29, 0.717) is 5.92 Å². The van der Waals surface area contributed by atoms with Crippen molar-refractivity contribution in [2.24, 2.45) is 5.92 Å². The van der Waals surface area contributed by atoms with Crippen molar-refractivity contribution in [3.63, 3.8) is 0 Å². The molecule has 1 aliphatic heterocycles. The van der Waals surface area contributed by atoms with Gasteiger partial charge in [0.25, 0.3) is 0 Å². The van der Waals surface area contributed by atoms with Gasteiger partial charge in [0.05, 0.1) is 5.69 Å². The number of nitrogens with zero attached hydrogens (tertiary/aromatic N) is 3. The summed E-state index contributed by atoms with van der Waals surface area (Å²) in [6, 6.07) is 4.34. The molecule has 1 aliphatic rings. The number of likely N-dealkylation sites (N-methyl/N-ethyl adjacent to an activating group) is 1. The first-order valence-corrected chi connectivity index (χ1v) is 7.24. The van der Waals surface area contributed by atoms with Crippen LogP contribution in [-0.4, -0.2) is 49.7 Å². The largest absolute Gasteiger partial charge is 0.369 e. The smallest absolute Gasteiger partial charge is 0.0562 e. The Hall–Kier alpha value is -1.13. The Balaban J connectivity index is 1.91. The first-order chi connectivity index (χ1) is 9.15. The summed E-state index contributed by atoms with van der Waals surface area (Å²) >= 11 is 0. The quantitative estimate of drug-likeness (QED) is 0.873. The third kappa shape index (κ3) is 4.48. The maximum Gasteiger partial charge on any atom is 0.0562 e. The molecule has 0 aliphatic carbocycles. The molecule has 1 aromatic heterocycles. The zero-order valence-electron chi connectivity index (χ0n) is 12.4. The van der Waals surface area contributed by atoms with Crippen LogP contribution in [0.15, 0.2) is 18.3 Å². The van der Waals surface area contributed by atoms with Gasteiger partial charge in [-0.2, -0.15) is 0 Å². The van der Waals surface area contributed by atoms with E-state index in [1.807, 2.05) is 6.20 Å². The van der Waals surface area contributed by atoms with Crippen LogP contribution >= 0.6 is 0 Å². The van der Waals surface area contributed by atoms with E-state index in [4.69, 9.17) is 0 Å². The number of hydrogen-bond donors (Lipinski definition) is 1. The SMILES string of the molecule is CC(C)CNCc1cc(N2CCN(C)CC2)ccn1. The lowest BCUT2D eigenvalue weighted by molar-refractivity contribution is 0.313. The van der Waals surface area contributed by atoms with E-state index in [2.05, 4.69) is 53.1 Å². The van der Waals surface area contributed by atoms with E-state index < -0.39 is 0 Å². The summed E-state index contributed by atoms with van der Waals surface area (Å²) in [6.07, 6.45) is 1.93.